The van der Waals surface area contributed by atoms with Gasteiger partial charge in [-0.3, -0.25) is 9.59 Å². The summed E-state index contributed by atoms with van der Waals surface area (Å²) in [5.41, 5.74) is 1.19. The van der Waals surface area contributed by atoms with Crippen LogP contribution in [0, 0.1) is 0 Å². The fraction of sp³-hybridized carbons (Fsp3) is 0.579. The predicted molar refractivity (Wildman–Crippen MR) is 94.1 cm³/mol. The SMILES string of the molecule is CCCNC(=O)[C@H](CC)N(CCc1ccccc1)C(=O)CCC. The first-order valence-electron chi connectivity index (χ1n) is 8.75. The number of carbonyl (C=O) groups excluding carboxylic acids is 2. The van der Waals surface area contributed by atoms with Crippen LogP contribution in [0.2, 0.25) is 0 Å². The molecule has 0 heterocycles. The monoisotopic (exact) mass is 318 g/mol. The molecule has 0 spiro atoms. The fourth-order valence-electron chi connectivity index (χ4n) is 2.62. The molecular formula is C19H30N2O2. The van der Waals surface area contributed by atoms with Crippen molar-refractivity contribution in [1.82, 2.24) is 10.2 Å². The quantitative estimate of drug-likeness (QED) is 0.720. The maximum atomic E-state index is 12.5. The summed E-state index contributed by atoms with van der Waals surface area (Å²) in [4.78, 5) is 26.6. The third-order valence-corrected chi connectivity index (χ3v) is 3.88. The summed E-state index contributed by atoms with van der Waals surface area (Å²) in [6.45, 7) is 7.22. The Labute approximate surface area is 140 Å². The molecule has 1 aromatic carbocycles. The number of hydrogen-bond donors (Lipinski definition) is 1. The van der Waals surface area contributed by atoms with Gasteiger partial charge in [-0.1, -0.05) is 51.1 Å². The second kappa shape index (κ2) is 10.8. The van der Waals surface area contributed by atoms with Crippen molar-refractivity contribution >= 4 is 11.8 Å². The van der Waals surface area contributed by atoms with Crippen LogP contribution < -0.4 is 5.32 Å². The highest BCUT2D eigenvalue weighted by Crippen LogP contribution is 2.11. The summed E-state index contributed by atoms with van der Waals surface area (Å²) in [5, 5.41) is 2.93. The van der Waals surface area contributed by atoms with Gasteiger partial charge in [-0.2, -0.15) is 0 Å². The molecular weight excluding hydrogens is 288 g/mol. The van der Waals surface area contributed by atoms with Crippen LogP contribution in [0.15, 0.2) is 30.3 Å². The number of rotatable bonds is 10. The minimum Gasteiger partial charge on any atom is -0.354 e. The number of amides is 2. The fourth-order valence-corrected chi connectivity index (χ4v) is 2.62. The molecule has 0 saturated heterocycles. The van der Waals surface area contributed by atoms with E-state index in [1.165, 1.54) is 5.56 Å². The first-order chi connectivity index (χ1) is 11.1. The summed E-state index contributed by atoms with van der Waals surface area (Å²) in [7, 11) is 0. The molecule has 0 saturated carbocycles. The zero-order valence-electron chi connectivity index (χ0n) is 14.7. The lowest BCUT2D eigenvalue weighted by Gasteiger charge is -2.30. The Kier molecular flexibility index (Phi) is 9.03. The number of nitrogens with one attached hydrogen (secondary N) is 1. The summed E-state index contributed by atoms with van der Waals surface area (Å²) < 4.78 is 0. The second-order valence-corrected chi connectivity index (χ2v) is 5.79. The van der Waals surface area contributed by atoms with Crippen molar-refractivity contribution in [2.75, 3.05) is 13.1 Å². The number of carbonyl (C=O) groups is 2. The summed E-state index contributed by atoms with van der Waals surface area (Å²) in [5.74, 6) is 0.0359. The van der Waals surface area contributed by atoms with E-state index in [1.807, 2.05) is 39.0 Å². The lowest BCUT2D eigenvalue weighted by Crippen LogP contribution is -2.50. The van der Waals surface area contributed by atoms with Gasteiger partial charge in [-0.05, 0) is 31.2 Å². The van der Waals surface area contributed by atoms with Crippen LogP contribution in [0.1, 0.15) is 52.0 Å². The molecule has 2 amide bonds. The normalized spacial score (nSPS) is 11.8. The van der Waals surface area contributed by atoms with Gasteiger partial charge in [0, 0.05) is 19.5 Å². The van der Waals surface area contributed by atoms with Crippen LogP contribution in [-0.4, -0.2) is 35.8 Å². The van der Waals surface area contributed by atoms with Crippen molar-refractivity contribution in [3.05, 3.63) is 35.9 Å². The molecule has 0 fully saturated rings. The van der Waals surface area contributed by atoms with Crippen molar-refractivity contribution in [2.24, 2.45) is 0 Å². The highest BCUT2D eigenvalue weighted by atomic mass is 16.2. The van der Waals surface area contributed by atoms with E-state index in [-0.39, 0.29) is 17.9 Å². The number of hydrogen-bond acceptors (Lipinski definition) is 2. The van der Waals surface area contributed by atoms with Crippen molar-refractivity contribution in [1.29, 1.82) is 0 Å². The molecule has 1 rings (SSSR count). The lowest BCUT2D eigenvalue weighted by molar-refractivity contribution is -0.140. The second-order valence-electron chi connectivity index (χ2n) is 5.79. The lowest BCUT2D eigenvalue weighted by atomic mass is 10.1. The van der Waals surface area contributed by atoms with Gasteiger partial charge < -0.3 is 10.2 Å². The summed E-state index contributed by atoms with van der Waals surface area (Å²) in [6.07, 6.45) is 3.60. The standard InChI is InChI=1S/C19H30N2O2/c1-4-10-18(22)21(15-13-16-11-8-7-9-12-16)17(6-3)19(23)20-14-5-2/h7-9,11-12,17H,4-6,10,13-15H2,1-3H3,(H,20,23)/t17-/m0/s1. The highest BCUT2D eigenvalue weighted by molar-refractivity contribution is 5.87. The van der Waals surface area contributed by atoms with Gasteiger partial charge in [0.25, 0.3) is 0 Å². The van der Waals surface area contributed by atoms with Crippen LogP contribution in [0.4, 0.5) is 0 Å². The van der Waals surface area contributed by atoms with E-state index in [0.717, 1.165) is 19.3 Å². The smallest absolute Gasteiger partial charge is 0.242 e. The molecule has 0 unspecified atom stereocenters. The predicted octanol–water partition coefficient (Wildman–Crippen LogP) is 3.16. The number of benzene rings is 1. The zero-order chi connectivity index (χ0) is 17.1. The molecule has 0 aromatic heterocycles. The molecule has 0 aliphatic heterocycles. The van der Waals surface area contributed by atoms with Gasteiger partial charge in [0.15, 0.2) is 0 Å². The van der Waals surface area contributed by atoms with Crippen LogP contribution in [0.3, 0.4) is 0 Å². The van der Waals surface area contributed by atoms with Crippen LogP contribution in [0.25, 0.3) is 0 Å². The Morgan fingerprint density at radius 3 is 2.35 bits per heavy atom. The molecule has 1 atom stereocenters. The van der Waals surface area contributed by atoms with E-state index in [4.69, 9.17) is 0 Å². The Bertz CT molecular complexity index is 474. The molecule has 0 aliphatic carbocycles. The average Bonchev–Trinajstić information content (AvgIpc) is 2.57. The van der Waals surface area contributed by atoms with Gasteiger partial charge >= 0.3 is 0 Å². The van der Waals surface area contributed by atoms with E-state index >= 15 is 0 Å². The minimum atomic E-state index is -0.371. The van der Waals surface area contributed by atoms with Crippen molar-refractivity contribution in [2.45, 2.75) is 58.9 Å². The van der Waals surface area contributed by atoms with Gasteiger partial charge in [-0.15, -0.1) is 0 Å². The maximum Gasteiger partial charge on any atom is 0.242 e. The molecule has 128 valence electrons. The van der Waals surface area contributed by atoms with E-state index in [0.29, 0.717) is 25.9 Å². The molecule has 1 aromatic rings. The molecule has 4 nitrogen and oxygen atoms in total. The van der Waals surface area contributed by atoms with Crippen LogP contribution in [-0.2, 0) is 16.0 Å². The Hall–Kier alpha value is -1.84. The van der Waals surface area contributed by atoms with E-state index in [9.17, 15) is 9.59 Å². The third kappa shape index (κ3) is 6.43. The largest absolute Gasteiger partial charge is 0.354 e. The highest BCUT2D eigenvalue weighted by Gasteiger charge is 2.27. The molecule has 23 heavy (non-hydrogen) atoms. The molecule has 4 heteroatoms. The molecule has 0 radical (unpaired) electrons. The van der Waals surface area contributed by atoms with Crippen molar-refractivity contribution in [3.63, 3.8) is 0 Å². The summed E-state index contributed by atoms with van der Waals surface area (Å²) >= 11 is 0. The van der Waals surface area contributed by atoms with Gasteiger partial charge in [-0.25, -0.2) is 0 Å². The number of nitrogens with zero attached hydrogens (tertiary/aromatic N) is 1. The van der Waals surface area contributed by atoms with Gasteiger partial charge in [0.1, 0.15) is 6.04 Å². The van der Waals surface area contributed by atoms with Crippen molar-refractivity contribution < 1.29 is 9.59 Å². The van der Waals surface area contributed by atoms with Gasteiger partial charge in [0.05, 0.1) is 0 Å². The van der Waals surface area contributed by atoms with Crippen LogP contribution in [0.5, 0.6) is 0 Å². The minimum absolute atomic E-state index is 0.0353. The topological polar surface area (TPSA) is 49.4 Å². The molecule has 1 N–H and O–H groups in total. The van der Waals surface area contributed by atoms with Crippen LogP contribution >= 0.6 is 0 Å². The van der Waals surface area contributed by atoms with E-state index in [2.05, 4.69) is 17.4 Å². The zero-order valence-corrected chi connectivity index (χ0v) is 14.7. The maximum absolute atomic E-state index is 12.5. The first kappa shape index (κ1) is 19.2. The third-order valence-electron chi connectivity index (χ3n) is 3.88. The first-order valence-corrected chi connectivity index (χ1v) is 8.75. The molecule has 0 aliphatic rings. The van der Waals surface area contributed by atoms with E-state index < -0.39 is 0 Å². The van der Waals surface area contributed by atoms with Gasteiger partial charge in [0.2, 0.25) is 11.8 Å². The summed E-state index contributed by atoms with van der Waals surface area (Å²) in [6, 6.07) is 9.72. The Balaban J connectivity index is 2.80. The average molecular weight is 318 g/mol. The Morgan fingerprint density at radius 1 is 1.09 bits per heavy atom. The molecule has 0 bridgehead atoms. The van der Waals surface area contributed by atoms with E-state index in [1.54, 1.807) is 4.90 Å². The Morgan fingerprint density at radius 2 is 1.78 bits per heavy atom. The van der Waals surface area contributed by atoms with Crippen molar-refractivity contribution in [3.8, 4) is 0 Å².